The first-order valence-electron chi connectivity index (χ1n) is 6.52. The van der Waals surface area contributed by atoms with E-state index in [1.54, 1.807) is 37.4 Å². The third kappa shape index (κ3) is 3.76. The number of anilines is 1. The predicted octanol–water partition coefficient (Wildman–Crippen LogP) is 4.11. The first-order chi connectivity index (χ1) is 10.2. The van der Waals surface area contributed by atoms with Crippen LogP contribution in [0.25, 0.3) is 0 Å². The average molecular weight is 350 g/mol. The molecule has 2 rings (SSSR count). The molecule has 110 valence electrons. The molecule has 0 spiro atoms. The lowest BCUT2D eigenvalue weighted by Crippen LogP contribution is -2.12. The van der Waals surface area contributed by atoms with Crippen LogP contribution in [0.1, 0.15) is 17.3 Å². The van der Waals surface area contributed by atoms with E-state index in [1.165, 1.54) is 0 Å². The van der Waals surface area contributed by atoms with Gasteiger partial charge < -0.3 is 14.8 Å². The monoisotopic (exact) mass is 349 g/mol. The van der Waals surface area contributed by atoms with Gasteiger partial charge in [0.25, 0.3) is 5.91 Å². The Hall–Kier alpha value is -2.01. The largest absolute Gasteiger partial charge is 0.495 e. The zero-order valence-electron chi connectivity index (χ0n) is 11.9. The fourth-order valence-electron chi connectivity index (χ4n) is 1.86. The molecule has 0 saturated heterocycles. The van der Waals surface area contributed by atoms with E-state index in [4.69, 9.17) is 9.47 Å². The number of carbonyl (C=O) groups excluding carboxylic acids is 1. The highest BCUT2D eigenvalue weighted by atomic mass is 79.9. The number of benzene rings is 2. The van der Waals surface area contributed by atoms with E-state index in [0.29, 0.717) is 29.4 Å². The first-order valence-corrected chi connectivity index (χ1v) is 7.31. The number of nitrogens with one attached hydrogen (secondary N) is 1. The van der Waals surface area contributed by atoms with Gasteiger partial charge in [0.05, 0.1) is 23.9 Å². The molecule has 0 radical (unpaired) electrons. The molecule has 0 unspecified atom stereocenters. The van der Waals surface area contributed by atoms with E-state index in [1.807, 2.05) is 19.1 Å². The second-order valence-corrected chi connectivity index (χ2v) is 5.09. The maximum atomic E-state index is 12.3. The lowest BCUT2D eigenvalue weighted by Gasteiger charge is -2.11. The zero-order valence-corrected chi connectivity index (χ0v) is 13.4. The van der Waals surface area contributed by atoms with Gasteiger partial charge in [-0.3, -0.25) is 4.79 Å². The third-order valence-corrected chi connectivity index (χ3v) is 3.47. The van der Waals surface area contributed by atoms with Crippen LogP contribution in [0.4, 0.5) is 5.69 Å². The van der Waals surface area contributed by atoms with Gasteiger partial charge in [-0.2, -0.15) is 0 Å². The van der Waals surface area contributed by atoms with Crippen LogP contribution in [-0.4, -0.2) is 19.6 Å². The van der Waals surface area contributed by atoms with E-state index in [0.717, 1.165) is 4.47 Å². The quantitative estimate of drug-likeness (QED) is 0.883. The summed E-state index contributed by atoms with van der Waals surface area (Å²) >= 11 is 3.40. The zero-order chi connectivity index (χ0) is 15.2. The molecule has 21 heavy (non-hydrogen) atoms. The van der Waals surface area contributed by atoms with Gasteiger partial charge in [0.15, 0.2) is 0 Å². The Kier molecular flexibility index (Phi) is 5.22. The standard InChI is InChI=1S/C16H16BrNO3/c1-3-21-14-9-8-11(10-12(14)17)16(19)18-13-6-4-5-7-15(13)20-2/h4-10H,3H2,1-2H3,(H,18,19). The van der Waals surface area contributed by atoms with Gasteiger partial charge in [-0.15, -0.1) is 0 Å². The molecule has 2 aromatic rings. The van der Waals surface area contributed by atoms with Crippen molar-refractivity contribution in [2.45, 2.75) is 6.92 Å². The topological polar surface area (TPSA) is 47.6 Å². The van der Waals surface area contributed by atoms with Gasteiger partial charge in [0, 0.05) is 5.56 Å². The highest BCUT2D eigenvalue weighted by Gasteiger charge is 2.11. The molecule has 0 aromatic heterocycles. The van der Waals surface area contributed by atoms with Crippen LogP contribution >= 0.6 is 15.9 Å². The summed E-state index contributed by atoms with van der Waals surface area (Å²) in [5.41, 5.74) is 1.17. The van der Waals surface area contributed by atoms with E-state index >= 15 is 0 Å². The minimum absolute atomic E-state index is 0.205. The molecule has 0 atom stereocenters. The van der Waals surface area contributed by atoms with Crippen LogP contribution in [0, 0.1) is 0 Å². The Morgan fingerprint density at radius 3 is 2.62 bits per heavy atom. The van der Waals surface area contributed by atoms with E-state index in [9.17, 15) is 4.79 Å². The minimum atomic E-state index is -0.205. The van der Waals surface area contributed by atoms with Gasteiger partial charge in [-0.1, -0.05) is 12.1 Å². The Balaban J connectivity index is 2.19. The molecule has 0 aliphatic heterocycles. The van der Waals surface area contributed by atoms with E-state index in [2.05, 4.69) is 21.2 Å². The molecule has 0 aliphatic rings. The number of hydrogen-bond donors (Lipinski definition) is 1. The van der Waals surface area contributed by atoms with Crippen molar-refractivity contribution in [3.05, 3.63) is 52.5 Å². The van der Waals surface area contributed by atoms with Crippen molar-refractivity contribution in [3.63, 3.8) is 0 Å². The average Bonchev–Trinajstić information content (AvgIpc) is 2.50. The fraction of sp³-hybridized carbons (Fsp3) is 0.188. The molecule has 2 aromatic carbocycles. The highest BCUT2D eigenvalue weighted by Crippen LogP contribution is 2.27. The first kappa shape index (κ1) is 15.4. The summed E-state index contributed by atoms with van der Waals surface area (Å²) in [5.74, 6) is 1.13. The lowest BCUT2D eigenvalue weighted by molar-refractivity contribution is 0.102. The second-order valence-electron chi connectivity index (χ2n) is 4.23. The van der Waals surface area contributed by atoms with E-state index in [-0.39, 0.29) is 5.91 Å². The van der Waals surface area contributed by atoms with Gasteiger partial charge in [0.2, 0.25) is 0 Å². The van der Waals surface area contributed by atoms with Crippen LogP contribution in [0.2, 0.25) is 0 Å². The summed E-state index contributed by atoms with van der Waals surface area (Å²) in [6.07, 6.45) is 0. The van der Waals surface area contributed by atoms with Crippen LogP contribution in [0.15, 0.2) is 46.9 Å². The maximum Gasteiger partial charge on any atom is 0.255 e. The SMILES string of the molecule is CCOc1ccc(C(=O)Nc2ccccc2OC)cc1Br. The maximum absolute atomic E-state index is 12.3. The van der Waals surface area contributed by atoms with Gasteiger partial charge >= 0.3 is 0 Å². The number of ether oxygens (including phenoxy) is 2. The smallest absolute Gasteiger partial charge is 0.255 e. The van der Waals surface area contributed by atoms with Gasteiger partial charge in [-0.05, 0) is 53.2 Å². The number of para-hydroxylation sites is 2. The van der Waals surface area contributed by atoms with Crippen molar-refractivity contribution in [2.24, 2.45) is 0 Å². The van der Waals surface area contributed by atoms with Crippen molar-refractivity contribution in [3.8, 4) is 11.5 Å². The van der Waals surface area contributed by atoms with Gasteiger partial charge in [-0.25, -0.2) is 0 Å². The number of halogens is 1. The number of carbonyl (C=O) groups is 1. The highest BCUT2D eigenvalue weighted by molar-refractivity contribution is 9.10. The number of amides is 1. The van der Waals surface area contributed by atoms with Gasteiger partial charge in [0.1, 0.15) is 11.5 Å². The van der Waals surface area contributed by atoms with Crippen LogP contribution in [0.5, 0.6) is 11.5 Å². The number of methoxy groups -OCH3 is 1. The predicted molar refractivity (Wildman–Crippen MR) is 86.3 cm³/mol. The summed E-state index contributed by atoms with van der Waals surface area (Å²) in [6, 6.07) is 12.5. The van der Waals surface area contributed by atoms with E-state index < -0.39 is 0 Å². The summed E-state index contributed by atoms with van der Waals surface area (Å²) in [5, 5.41) is 2.83. The molecule has 0 saturated carbocycles. The minimum Gasteiger partial charge on any atom is -0.495 e. The molecular formula is C16H16BrNO3. The number of hydrogen-bond acceptors (Lipinski definition) is 3. The van der Waals surface area contributed by atoms with Crippen LogP contribution in [-0.2, 0) is 0 Å². The molecule has 0 aliphatic carbocycles. The Morgan fingerprint density at radius 1 is 1.19 bits per heavy atom. The van der Waals surface area contributed by atoms with Crippen molar-refractivity contribution >= 4 is 27.5 Å². The molecule has 1 amide bonds. The van der Waals surface area contributed by atoms with Crippen molar-refractivity contribution in [2.75, 3.05) is 19.0 Å². The molecule has 5 heteroatoms. The van der Waals surface area contributed by atoms with Crippen molar-refractivity contribution in [1.82, 2.24) is 0 Å². The Bertz CT molecular complexity index is 643. The second kappa shape index (κ2) is 7.13. The molecule has 4 nitrogen and oxygen atoms in total. The molecule has 0 heterocycles. The Morgan fingerprint density at radius 2 is 1.95 bits per heavy atom. The summed E-state index contributed by atoms with van der Waals surface area (Å²) < 4.78 is 11.4. The van der Waals surface area contributed by atoms with Crippen molar-refractivity contribution in [1.29, 1.82) is 0 Å². The number of rotatable bonds is 5. The molecule has 0 bridgehead atoms. The van der Waals surface area contributed by atoms with Crippen LogP contribution in [0.3, 0.4) is 0 Å². The normalized spacial score (nSPS) is 10.0. The fourth-order valence-corrected chi connectivity index (χ4v) is 2.35. The van der Waals surface area contributed by atoms with Crippen LogP contribution < -0.4 is 14.8 Å². The Labute approximate surface area is 132 Å². The lowest BCUT2D eigenvalue weighted by atomic mass is 10.2. The molecule has 1 N–H and O–H groups in total. The third-order valence-electron chi connectivity index (χ3n) is 2.85. The molecular weight excluding hydrogens is 334 g/mol. The molecule has 0 fully saturated rings. The summed E-state index contributed by atoms with van der Waals surface area (Å²) in [4.78, 5) is 12.3. The summed E-state index contributed by atoms with van der Waals surface area (Å²) in [6.45, 7) is 2.49. The van der Waals surface area contributed by atoms with Crippen molar-refractivity contribution < 1.29 is 14.3 Å². The summed E-state index contributed by atoms with van der Waals surface area (Å²) in [7, 11) is 1.57.